The van der Waals surface area contributed by atoms with Crippen LogP contribution in [0.4, 0.5) is 0 Å². The monoisotopic (exact) mass is 319 g/mol. The van der Waals surface area contributed by atoms with Gasteiger partial charge in [0.15, 0.2) is 0 Å². The van der Waals surface area contributed by atoms with Gasteiger partial charge in [0.1, 0.15) is 5.69 Å². The minimum Gasteiger partial charge on any atom is -0.314 e. The Balaban J connectivity index is 1.75. The highest BCUT2D eigenvalue weighted by molar-refractivity contribution is 5.82. The number of aromatic nitrogens is 3. The Bertz CT molecular complexity index is 776. The van der Waals surface area contributed by atoms with Crippen molar-refractivity contribution in [3.05, 3.63) is 60.6 Å². The average molecular weight is 319 g/mol. The van der Waals surface area contributed by atoms with Gasteiger partial charge < -0.3 is 5.32 Å². The number of nitrogens with zero attached hydrogens (tertiary/aromatic N) is 3. The van der Waals surface area contributed by atoms with E-state index in [-0.39, 0.29) is 0 Å². The molecule has 1 aromatic carbocycles. The second-order valence-electron chi connectivity index (χ2n) is 6.05. The van der Waals surface area contributed by atoms with E-state index in [0.29, 0.717) is 0 Å². The first-order valence-electron chi connectivity index (χ1n) is 8.38. The number of hydrogen-bond acceptors (Lipinski definition) is 4. The Morgan fingerprint density at radius 3 is 2.42 bits per heavy atom. The van der Waals surface area contributed by atoms with Crippen LogP contribution in [0.2, 0.25) is 0 Å². The summed E-state index contributed by atoms with van der Waals surface area (Å²) in [4.78, 5) is 6.62. The lowest BCUT2D eigenvalue weighted by atomic mass is 9.99. The largest absolute Gasteiger partial charge is 0.314 e. The summed E-state index contributed by atoms with van der Waals surface area (Å²) < 4.78 is 0. The van der Waals surface area contributed by atoms with Gasteiger partial charge in [0.05, 0.1) is 5.69 Å². The van der Waals surface area contributed by atoms with Crippen LogP contribution in [0.1, 0.15) is 5.69 Å². The maximum absolute atomic E-state index is 4.64. The molecule has 3 aromatic rings. The lowest BCUT2D eigenvalue weighted by molar-refractivity contribution is 0.231. The Labute approximate surface area is 141 Å². The van der Waals surface area contributed by atoms with E-state index in [1.54, 1.807) is 0 Å². The highest BCUT2D eigenvalue weighted by Gasteiger charge is 2.19. The molecule has 0 radical (unpaired) electrons. The fourth-order valence-electron chi connectivity index (χ4n) is 3.22. The fourth-order valence-corrected chi connectivity index (χ4v) is 3.22. The highest BCUT2D eigenvalue weighted by Crippen LogP contribution is 2.33. The molecule has 0 aliphatic carbocycles. The second kappa shape index (κ2) is 6.95. The molecule has 1 aliphatic heterocycles. The van der Waals surface area contributed by atoms with Crippen LogP contribution in [0.15, 0.2) is 54.9 Å². The van der Waals surface area contributed by atoms with Gasteiger partial charge >= 0.3 is 0 Å². The number of piperazine rings is 1. The summed E-state index contributed by atoms with van der Waals surface area (Å²) >= 11 is 0. The van der Waals surface area contributed by atoms with E-state index in [0.717, 1.165) is 49.5 Å². The van der Waals surface area contributed by atoms with Gasteiger partial charge in [-0.25, -0.2) is 0 Å². The Morgan fingerprint density at radius 2 is 1.67 bits per heavy atom. The summed E-state index contributed by atoms with van der Waals surface area (Å²) in [6, 6.07) is 14.5. The number of aromatic amines is 1. The summed E-state index contributed by atoms with van der Waals surface area (Å²) in [7, 11) is 0. The second-order valence-corrected chi connectivity index (χ2v) is 6.05. The number of H-pyrrole nitrogens is 1. The summed E-state index contributed by atoms with van der Waals surface area (Å²) in [5, 5.41) is 11.3. The zero-order chi connectivity index (χ0) is 16.2. The van der Waals surface area contributed by atoms with Gasteiger partial charge in [-0.05, 0) is 17.7 Å². The van der Waals surface area contributed by atoms with E-state index in [1.165, 1.54) is 11.3 Å². The molecule has 1 fully saturated rings. The normalized spacial score (nSPS) is 15.5. The molecule has 0 saturated carbocycles. The molecule has 0 amide bonds. The summed E-state index contributed by atoms with van der Waals surface area (Å²) in [6.45, 7) is 5.11. The van der Waals surface area contributed by atoms with Crippen molar-refractivity contribution in [2.24, 2.45) is 0 Å². The molecular weight excluding hydrogens is 298 g/mol. The molecule has 24 heavy (non-hydrogen) atoms. The van der Waals surface area contributed by atoms with Gasteiger partial charge in [0.2, 0.25) is 0 Å². The first kappa shape index (κ1) is 15.1. The van der Waals surface area contributed by atoms with Crippen molar-refractivity contribution in [2.45, 2.75) is 6.54 Å². The standard InChI is InChI=1S/C19H21N5/c1-2-4-16(5-3-1)19-18(15-6-8-20-9-7-15)17(22-23-19)14-24-12-10-21-11-13-24/h1-9,21H,10-14H2,(H,22,23). The van der Waals surface area contributed by atoms with Crippen LogP contribution in [0.5, 0.6) is 0 Å². The predicted octanol–water partition coefficient (Wildman–Crippen LogP) is 2.54. The zero-order valence-electron chi connectivity index (χ0n) is 13.6. The molecule has 2 N–H and O–H groups in total. The maximum Gasteiger partial charge on any atom is 0.100 e. The zero-order valence-corrected chi connectivity index (χ0v) is 13.6. The lowest BCUT2D eigenvalue weighted by Gasteiger charge is -2.27. The average Bonchev–Trinajstić information content (AvgIpc) is 3.07. The number of hydrogen-bond donors (Lipinski definition) is 2. The first-order chi connectivity index (χ1) is 11.9. The van der Waals surface area contributed by atoms with Crippen molar-refractivity contribution in [1.82, 2.24) is 25.4 Å². The van der Waals surface area contributed by atoms with Crippen molar-refractivity contribution in [3.63, 3.8) is 0 Å². The van der Waals surface area contributed by atoms with Crippen LogP contribution in [0.3, 0.4) is 0 Å². The van der Waals surface area contributed by atoms with Gasteiger partial charge in [0.25, 0.3) is 0 Å². The molecule has 3 heterocycles. The minimum absolute atomic E-state index is 0.888. The van der Waals surface area contributed by atoms with Gasteiger partial charge in [-0.3, -0.25) is 15.0 Å². The smallest absolute Gasteiger partial charge is 0.100 e. The number of rotatable bonds is 4. The van der Waals surface area contributed by atoms with E-state index < -0.39 is 0 Å². The van der Waals surface area contributed by atoms with E-state index in [2.05, 4.69) is 61.8 Å². The van der Waals surface area contributed by atoms with Crippen molar-refractivity contribution in [2.75, 3.05) is 26.2 Å². The SMILES string of the molecule is c1ccc(-c2n[nH]c(CN3CCNCC3)c2-c2ccncc2)cc1. The van der Waals surface area contributed by atoms with E-state index >= 15 is 0 Å². The van der Waals surface area contributed by atoms with Crippen LogP contribution >= 0.6 is 0 Å². The lowest BCUT2D eigenvalue weighted by Crippen LogP contribution is -2.43. The van der Waals surface area contributed by atoms with Crippen LogP contribution in [-0.4, -0.2) is 46.3 Å². The molecule has 2 aromatic heterocycles. The Kier molecular flexibility index (Phi) is 4.36. The topological polar surface area (TPSA) is 56.8 Å². The number of benzene rings is 1. The third-order valence-corrected chi connectivity index (χ3v) is 4.45. The van der Waals surface area contributed by atoms with Gasteiger partial charge in [0, 0.05) is 56.2 Å². The molecule has 5 nitrogen and oxygen atoms in total. The molecule has 0 unspecified atom stereocenters. The molecule has 0 atom stereocenters. The maximum atomic E-state index is 4.64. The molecule has 1 saturated heterocycles. The van der Waals surface area contributed by atoms with Crippen molar-refractivity contribution >= 4 is 0 Å². The minimum atomic E-state index is 0.888. The van der Waals surface area contributed by atoms with Crippen LogP contribution < -0.4 is 5.32 Å². The third kappa shape index (κ3) is 3.09. The quantitative estimate of drug-likeness (QED) is 0.776. The Hall–Kier alpha value is -2.50. The van der Waals surface area contributed by atoms with Crippen molar-refractivity contribution in [3.8, 4) is 22.4 Å². The number of nitrogens with one attached hydrogen (secondary N) is 2. The molecule has 5 heteroatoms. The van der Waals surface area contributed by atoms with Gasteiger partial charge in [-0.15, -0.1) is 0 Å². The van der Waals surface area contributed by atoms with E-state index in [1.807, 2.05) is 18.5 Å². The highest BCUT2D eigenvalue weighted by atomic mass is 15.2. The molecule has 122 valence electrons. The summed E-state index contributed by atoms with van der Waals surface area (Å²) in [5.41, 5.74) is 5.64. The molecular formula is C19H21N5. The number of pyridine rings is 1. The van der Waals surface area contributed by atoms with Gasteiger partial charge in [-0.1, -0.05) is 30.3 Å². The van der Waals surface area contributed by atoms with Crippen LogP contribution in [-0.2, 0) is 6.54 Å². The van der Waals surface area contributed by atoms with Gasteiger partial charge in [-0.2, -0.15) is 5.10 Å². The fraction of sp³-hybridized carbons (Fsp3) is 0.263. The molecule has 1 aliphatic rings. The van der Waals surface area contributed by atoms with E-state index in [4.69, 9.17) is 0 Å². The van der Waals surface area contributed by atoms with E-state index in [9.17, 15) is 0 Å². The third-order valence-electron chi connectivity index (χ3n) is 4.45. The first-order valence-corrected chi connectivity index (χ1v) is 8.38. The molecule has 0 bridgehead atoms. The van der Waals surface area contributed by atoms with Crippen LogP contribution in [0, 0.1) is 0 Å². The van der Waals surface area contributed by atoms with Crippen LogP contribution in [0.25, 0.3) is 22.4 Å². The predicted molar refractivity (Wildman–Crippen MR) is 95.4 cm³/mol. The molecule has 4 rings (SSSR count). The molecule has 0 spiro atoms. The summed E-state index contributed by atoms with van der Waals surface area (Å²) in [6.07, 6.45) is 3.68. The summed E-state index contributed by atoms with van der Waals surface area (Å²) in [5.74, 6) is 0. The van der Waals surface area contributed by atoms with Crippen molar-refractivity contribution in [1.29, 1.82) is 0 Å². The van der Waals surface area contributed by atoms with Crippen molar-refractivity contribution < 1.29 is 0 Å². The Morgan fingerprint density at radius 1 is 0.917 bits per heavy atom.